The van der Waals surface area contributed by atoms with E-state index in [2.05, 4.69) is 0 Å². The van der Waals surface area contributed by atoms with Gasteiger partial charge in [0.25, 0.3) is 0 Å². The average Bonchev–Trinajstić information content (AvgIpc) is 2.81. The van der Waals surface area contributed by atoms with E-state index in [4.69, 9.17) is 21.1 Å². The van der Waals surface area contributed by atoms with Crippen LogP contribution in [0.5, 0.6) is 0 Å². The highest BCUT2D eigenvalue weighted by Gasteiger charge is 2.43. The molecule has 0 bridgehead atoms. The number of likely N-dealkylation sites (tertiary alicyclic amines) is 1. The fourth-order valence-electron chi connectivity index (χ4n) is 4.80. The molecule has 1 fully saturated rings. The zero-order valence-corrected chi connectivity index (χ0v) is 21.6. The number of hydrogen-bond acceptors (Lipinski definition) is 4. The summed E-state index contributed by atoms with van der Waals surface area (Å²) >= 11 is 6.13. The number of carbonyl (C=O) groups is 1. The highest BCUT2D eigenvalue weighted by Crippen LogP contribution is 2.44. The molecule has 0 radical (unpaired) electrons. The van der Waals surface area contributed by atoms with Crippen molar-refractivity contribution in [3.63, 3.8) is 0 Å². The van der Waals surface area contributed by atoms with Crippen LogP contribution in [0.2, 0.25) is 5.02 Å². The molecule has 1 amide bonds. The molecule has 0 spiro atoms. The zero-order chi connectivity index (χ0) is 24.8. The Morgan fingerprint density at radius 2 is 1.82 bits per heavy atom. The number of halogens is 1. The summed E-state index contributed by atoms with van der Waals surface area (Å²) in [5.41, 5.74) is 1.25. The van der Waals surface area contributed by atoms with E-state index in [1.807, 2.05) is 69.3 Å². The van der Waals surface area contributed by atoms with Crippen LogP contribution in [0.1, 0.15) is 58.4 Å². The number of benzene rings is 2. The molecule has 2 aromatic carbocycles. The first kappa shape index (κ1) is 26.5. The van der Waals surface area contributed by atoms with Gasteiger partial charge in [-0.1, -0.05) is 48.0 Å². The Bertz CT molecular complexity index is 940. The van der Waals surface area contributed by atoms with Crippen LogP contribution in [-0.2, 0) is 15.1 Å². The maximum absolute atomic E-state index is 12.8. The molecule has 34 heavy (non-hydrogen) atoms. The Balaban J connectivity index is 1.95. The second-order valence-corrected chi connectivity index (χ2v) is 10.6. The fraction of sp³-hybridized carbons (Fsp3) is 0.536. The van der Waals surface area contributed by atoms with Crippen LogP contribution in [0.4, 0.5) is 4.79 Å². The van der Waals surface area contributed by atoms with Crippen molar-refractivity contribution in [1.29, 1.82) is 0 Å². The lowest BCUT2D eigenvalue weighted by atomic mass is 9.72. The predicted octanol–water partition coefficient (Wildman–Crippen LogP) is 6.66. The van der Waals surface area contributed by atoms with Crippen molar-refractivity contribution in [3.8, 4) is 11.1 Å². The maximum atomic E-state index is 12.8. The minimum Gasteiger partial charge on any atom is -0.444 e. The number of rotatable bonds is 8. The third kappa shape index (κ3) is 6.74. The molecule has 2 aromatic rings. The molecule has 1 aliphatic heterocycles. The van der Waals surface area contributed by atoms with E-state index in [-0.39, 0.29) is 12.0 Å². The van der Waals surface area contributed by atoms with E-state index in [0.717, 1.165) is 42.4 Å². The van der Waals surface area contributed by atoms with E-state index in [1.165, 1.54) is 0 Å². The molecule has 1 aliphatic rings. The van der Waals surface area contributed by atoms with Crippen LogP contribution in [0, 0.1) is 5.92 Å². The summed E-state index contributed by atoms with van der Waals surface area (Å²) in [4.78, 5) is 14.6. The Labute approximate surface area is 209 Å². The highest BCUT2D eigenvalue weighted by molar-refractivity contribution is 6.30. The van der Waals surface area contributed by atoms with E-state index < -0.39 is 11.2 Å². The molecule has 1 saturated heterocycles. The summed E-state index contributed by atoms with van der Waals surface area (Å²) in [5, 5.41) is 13.1. The lowest BCUT2D eigenvalue weighted by Crippen LogP contribution is -2.49. The predicted molar refractivity (Wildman–Crippen MR) is 137 cm³/mol. The second kappa shape index (κ2) is 11.6. The summed E-state index contributed by atoms with van der Waals surface area (Å²) in [7, 11) is 1.70. The molecule has 3 rings (SSSR count). The van der Waals surface area contributed by atoms with Crippen LogP contribution >= 0.6 is 11.6 Å². The van der Waals surface area contributed by atoms with Gasteiger partial charge in [0.1, 0.15) is 5.60 Å². The highest BCUT2D eigenvalue weighted by atomic mass is 35.5. The molecule has 1 N–H and O–H groups in total. The van der Waals surface area contributed by atoms with Gasteiger partial charge in [-0.25, -0.2) is 4.79 Å². The van der Waals surface area contributed by atoms with Crippen molar-refractivity contribution in [2.75, 3.05) is 26.8 Å². The van der Waals surface area contributed by atoms with E-state index in [9.17, 15) is 9.90 Å². The number of unbranched alkanes of at least 4 members (excludes halogenated alkanes) is 1. The van der Waals surface area contributed by atoms with E-state index in [1.54, 1.807) is 12.0 Å². The SMILES string of the molecule is COCCCC[C@@](O)(c1ccccc1-c1ccc(Cl)cc1)C1CCCN(C(=O)OC(C)(C)C)C1. The lowest BCUT2D eigenvalue weighted by Gasteiger charge is -2.43. The van der Waals surface area contributed by atoms with Gasteiger partial charge in [-0.3, -0.25) is 0 Å². The van der Waals surface area contributed by atoms with Gasteiger partial charge in [0.05, 0.1) is 5.60 Å². The van der Waals surface area contributed by atoms with Crippen LogP contribution in [0.15, 0.2) is 48.5 Å². The summed E-state index contributed by atoms with van der Waals surface area (Å²) in [6.45, 7) is 7.39. The number of piperidine rings is 1. The van der Waals surface area contributed by atoms with Crippen LogP contribution in [0.25, 0.3) is 11.1 Å². The van der Waals surface area contributed by atoms with Gasteiger partial charge in [0.15, 0.2) is 0 Å². The van der Waals surface area contributed by atoms with Crippen molar-refractivity contribution in [1.82, 2.24) is 4.90 Å². The van der Waals surface area contributed by atoms with Crippen molar-refractivity contribution in [3.05, 3.63) is 59.1 Å². The number of methoxy groups -OCH3 is 1. The first-order valence-corrected chi connectivity index (χ1v) is 12.6. The minimum absolute atomic E-state index is 0.107. The molecule has 0 saturated carbocycles. The Hall–Kier alpha value is -2.08. The van der Waals surface area contributed by atoms with Crippen molar-refractivity contribution < 1.29 is 19.4 Å². The van der Waals surface area contributed by atoms with Crippen molar-refractivity contribution in [2.24, 2.45) is 5.92 Å². The second-order valence-electron chi connectivity index (χ2n) is 10.2. The number of ether oxygens (including phenoxy) is 2. The normalized spacial score (nSPS) is 18.4. The topological polar surface area (TPSA) is 59.0 Å². The monoisotopic (exact) mass is 487 g/mol. The van der Waals surface area contributed by atoms with Crippen LogP contribution < -0.4 is 0 Å². The molecule has 1 heterocycles. The number of carbonyl (C=O) groups excluding carboxylic acids is 1. The summed E-state index contributed by atoms with van der Waals surface area (Å²) in [6, 6.07) is 15.8. The smallest absolute Gasteiger partial charge is 0.410 e. The third-order valence-corrected chi connectivity index (χ3v) is 6.71. The summed E-state index contributed by atoms with van der Waals surface area (Å²) in [6.07, 6.45) is 3.63. The largest absolute Gasteiger partial charge is 0.444 e. The standard InChI is InChI=1S/C28H38ClNO4/c1-27(2,3)34-26(31)30-18-9-10-22(20-30)28(32,17-7-8-19-33-4)25-12-6-5-11-24(25)21-13-15-23(29)16-14-21/h5-6,11-16,22,32H,7-10,17-20H2,1-4H3/t22?,28-/m0/s1. The summed E-state index contributed by atoms with van der Waals surface area (Å²) in [5.74, 6) is -0.107. The van der Waals surface area contributed by atoms with Crippen LogP contribution in [-0.4, -0.2) is 48.5 Å². The number of nitrogens with zero attached hydrogens (tertiary/aromatic N) is 1. The van der Waals surface area contributed by atoms with E-state index in [0.29, 0.717) is 31.1 Å². The molecule has 1 unspecified atom stereocenters. The molecule has 5 nitrogen and oxygen atoms in total. The molecular formula is C28H38ClNO4. The van der Waals surface area contributed by atoms with Gasteiger partial charge in [0, 0.05) is 37.7 Å². The van der Waals surface area contributed by atoms with Gasteiger partial charge in [-0.15, -0.1) is 0 Å². The van der Waals surface area contributed by atoms with Gasteiger partial charge in [-0.2, -0.15) is 0 Å². The molecule has 0 aliphatic carbocycles. The minimum atomic E-state index is -1.09. The zero-order valence-electron chi connectivity index (χ0n) is 20.9. The third-order valence-electron chi connectivity index (χ3n) is 6.45. The first-order chi connectivity index (χ1) is 16.1. The van der Waals surface area contributed by atoms with Gasteiger partial charge in [0.2, 0.25) is 0 Å². The van der Waals surface area contributed by atoms with Gasteiger partial charge in [-0.05, 0) is 81.7 Å². The molecule has 0 aromatic heterocycles. The van der Waals surface area contributed by atoms with Crippen molar-refractivity contribution in [2.45, 2.75) is 64.1 Å². The Morgan fingerprint density at radius 3 is 2.50 bits per heavy atom. The average molecular weight is 488 g/mol. The Morgan fingerprint density at radius 1 is 1.12 bits per heavy atom. The lowest BCUT2D eigenvalue weighted by molar-refractivity contribution is -0.0638. The van der Waals surface area contributed by atoms with Crippen molar-refractivity contribution >= 4 is 17.7 Å². The quantitative estimate of drug-likeness (QED) is 0.423. The first-order valence-electron chi connectivity index (χ1n) is 12.2. The molecular weight excluding hydrogens is 450 g/mol. The summed E-state index contributed by atoms with van der Waals surface area (Å²) < 4.78 is 10.9. The molecule has 6 heteroatoms. The molecule has 2 atom stereocenters. The number of hydrogen-bond donors (Lipinski definition) is 1. The fourth-order valence-corrected chi connectivity index (χ4v) is 4.93. The maximum Gasteiger partial charge on any atom is 0.410 e. The Kier molecular flexibility index (Phi) is 9.02. The number of aliphatic hydroxyl groups is 1. The molecule has 186 valence electrons. The van der Waals surface area contributed by atoms with Crippen LogP contribution in [0.3, 0.4) is 0 Å². The van der Waals surface area contributed by atoms with Gasteiger partial charge < -0.3 is 19.5 Å². The van der Waals surface area contributed by atoms with Gasteiger partial charge >= 0.3 is 6.09 Å². The van der Waals surface area contributed by atoms with E-state index >= 15 is 0 Å². The number of amides is 1.